The molecule has 1 atom stereocenters. The number of hydrogen-bond donors (Lipinski definition) is 0. The Labute approximate surface area is 138 Å². The van der Waals surface area contributed by atoms with Gasteiger partial charge < -0.3 is 9.64 Å². The van der Waals surface area contributed by atoms with Crippen molar-refractivity contribution in [1.82, 2.24) is 14.9 Å². The van der Waals surface area contributed by atoms with E-state index in [1.807, 2.05) is 4.90 Å². The number of rotatable bonds is 5. The number of nitrogens with zero attached hydrogens (tertiary/aromatic N) is 3. The lowest BCUT2D eigenvalue weighted by molar-refractivity contribution is -0.139. The molecular formula is C18H27N3O2. The van der Waals surface area contributed by atoms with Crippen LogP contribution in [0, 0.1) is 5.92 Å². The lowest BCUT2D eigenvalue weighted by atomic mass is 9.85. The van der Waals surface area contributed by atoms with E-state index in [4.69, 9.17) is 4.74 Å². The van der Waals surface area contributed by atoms with Crippen molar-refractivity contribution < 1.29 is 9.53 Å². The molecule has 5 heteroatoms. The number of amides is 1. The molecule has 1 saturated heterocycles. The number of aryl methyl sites for hydroxylation is 1. The number of carbonyl (C=O) groups excluding carboxylic acids is 1. The predicted octanol–water partition coefficient (Wildman–Crippen LogP) is 2.61. The van der Waals surface area contributed by atoms with Gasteiger partial charge in [-0.05, 0) is 18.8 Å². The molecule has 1 aliphatic carbocycles. The molecule has 0 bridgehead atoms. The van der Waals surface area contributed by atoms with Crippen molar-refractivity contribution in [3.8, 4) is 0 Å². The average molecular weight is 317 g/mol. The van der Waals surface area contributed by atoms with Crippen LogP contribution >= 0.6 is 0 Å². The lowest BCUT2D eigenvalue weighted by Gasteiger charge is -2.35. The van der Waals surface area contributed by atoms with Crippen molar-refractivity contribution in [2.75, 3.05) is 19.7 Å². The van der Waals surface area contributed by atoms with Crippen LogP contribution in [0.1, 0.15) is 50.6 Å². The molecule has 1 aromatic heterocycles. The fourth-order valence-corrected chi connectivity index (χ4v) is 3.74. The first kappa shape index (κ1) is 16.4. The molecule has 1 aliphatic heterocycles. The summed E-state index contributed by atoms with van der Waals surface area (Å²) < 4.78 is 5.91. The third kappa shape index (κ3) is 4.99. The second-order valence-corrected chi connectivity index (χ2v) is 6.77. The summed E-state index contributed by atoms with van der Waals surface area (Å²) in [6.07, 6.45) is 14.4. The Morgan fingerprint density at radius 2 is 2.13 bits per heavy atom. The van der Waals surface area contributed by atoms with E-state index < -0.39 is 0 Å². The van der Waals surface area contributed by atoms with Gasteiger partial charge in [0.1, 0.15) is 0 Å². The minimum absolute atomic E-state index is 0.215. The van der Waals surface area contributed by atoms with E-state index in [1.165, 1.54) is 32.1 Å². The highest BCUT2D eigenvalue weighted by Crippen LogP contribution is 2.29. The van der Waals surface area contributed by atoms with E-state index in [9.17, 15) is 4.79 Å². The molecule has 1 saturated carbocycles. The standard InChI is InChI=1S/C18H27N3O2/c22-18(7-6-16-13-19-8-9-20-16)21-10-11-23-17(14-21)12-15-4-2-1-3-5-15/h8-9,13,15,17H,1-7,10-12,14H2. The second kappa shape index (κ2) is 8.39. The largest absolute Gasteiger partial charge is 0.375 e. The summed E-state index contributed by atoms with van der Waals surface area (Å²) >= 11 is 0. The molecule has 2 heterocycles. The van der Waals surface area contributed by atoms with Crippen LogP contribution in [0.3, 0.4) is 0 Å². The fraction of sp³-hybridized carbons (Fsp3) is 0.722. The van der Waals surface area contributed by atoms with Crippen LogP contribution in [0.4, 0.5) is 0 Å². The summed E-state index contributed by atoms with van der Waals surface area (Å²) in [5.74, 6) is 1.01. The topological polar surface area (TPSA) is 55.3 Å². The molecule has 23 heavy (non-hydrogen) atoms. The number of morpholine rings is 1. The molecule has 1 unspecified atom stereocenters. The van der Waals surface area contributed by atoms with Crippen molar-refractivity contribution in [2.24, 2.45) is 5.92 Å². The summed E-state index contributed by atoms with van der Waals surface area (Å²) in [5, 5.41) is 0. The van der Waals surface area contributed by atoms with Gasteiger partial charge in [-0.1, -0.05) is 32.1 Å². The molecule has 1 aromatic rings. The van der Waals surface area contributed by atoms with E-state index in [2.05, 4.69) is 9.97 Å². The predicted molar refractivity (Wildman–Crippen MR) is 87.9 cm³/mol. The molecule has 126 valence electrons. The van der Waals surface area contributed by atoms with Crippen molar-refractivity contribution in [3.63, 3.8) is 0 Å². The van der Waals surface area contributed by atoms with Crippen LogP contribution in [-0.2, 0) is 16.0 Å². The van der Waals surface area contributed by atoms with Gasteiger partial charge >= 0.3 is 0 Å². The van der Waals surface area contributed by atoms with Crippen LogP contribution in [0.15, 0.2) is 18.6 Å². The molecule has 2 aliphatic rings. The molecule has 3 rings (SSSR count). The molecule has 2 fully saturated rings. The summed E-state index contributed by atoms with van der Waals surface area (Å²) in [4.78, 5) is 22.7. The Hall–Kier alpha value is -1.49. The van der Waals surface area contributed by atoms with Crippen LogP contribution in [0.5, 0.6) is 0 Å². The summed E-state index contributed by atoms with van der Waals surface area (Å²) in [5.41, 5.74) is 0.882. The summed E-state index contributed by atoms with van der Waals surface area (Å²) in [6.45, 7) is 2.16. The maximum Gasteiger partial charge on any atom is 0.223 e. The van der Waals surface area contributed by atoms with Crippen LogP contribution in [0.2, 0.25) is 0 Å². The quantitative estimate of drug-likeness (QED) is 0.837. The maximum absolute atomic E-state index is 12.4. The monoisotopic (exact) mass is 317 g/mol. The van der Waals surface area contributed by atoms with Gasteiger partial charge in [0.15, 0.2) is 0 Å². The first-order valence-electron chi connectivity index (χ1n) is 8.95. The van der Waals surface area contributed by atoms with Gasteiger partial charge in [0, 0.05) is 38.1 Å². The van der Waals surface area contributed by atoms with Gasteiger partial charge in [-0.15, -0.1) is 0 Å². The van der Waals surface area contributed by atoms with Crippen LogP contribution in [-0.4, -0.2) is 46.6 Å². The van der Waals surface area contributed by atoms with Gasteiger partial charge in [-0.25, -0.2) is 0 Å². The second-order valence-electron chi connectivity index (χ2n) is 6.77. The smallest absolute Gasteiger partial charge is 0.223 e. The number of ether oxygens (including phenoxy) is 1. The number of hydrogen-bond acceptors (Lipinski definition) is 4. The van der Waals surface area contributed by atoms with Crippen molar-refractivity contribution in [3.05, 3.63) is 24.3 Å². The van der Waals surface area contributed by atoms with E-state index in [0.29, 0.717) is 19.4 Å². The van der Waals surface area contributed by atoms with Gasteiger partial charge in [0.2, 0.25) is 5.91 Å². The molecule has 0 spiro atoms. The Bertz CT molecular complexity index is 488. The fourth-order valence-electron chi connectivity index (χ4n) is 3.74. The third-order valence-corrected chi connectivity index (χ3v) is 5.02. The molecular weight excluding hydrogens is 290 g/mol. The zero-order chi connectivity index (χ0) is 15.9. The van der Waals surface area contributed by atoms with Gasteiger partial charge in [-0.3, -0.25) is 14.8 Å². The Kier molecular flexibility index (Phi) is 5.97. The van der Waals surface area contributed by atoms with Crippen molar-refractivity contribution in [2.45, 2.75) is 57.5 Å². The highest BCUT2D eigenvalue weighted by atomic mass is 16.5. The highest BCUT2D eigenvalue weighted by molar-refractivity contribution is 5.76. The van der Waals surface area contributed by atoms with Crippen molar-refractivity contribution in [1.29, 1.82) is 0 Å². The molecule has 0 radical (unpaired) electrons. The molecule has 0 N–H and O–H groups in total. The van der Waals surface area contributed by atoms with Gasteiger partial charge in [-0.2, -0.15) is 0 Å². The first-order valence-corrected chi connectivity index (χ1v) is 8.95. The van der Waals surface area contributed by atoms with E-state index >= 15 is 0 Å². The van der Waals surface area contributed by atoms with Gasteiger partial charge in [0.25, 0.3) is 0 Å². The molecule has 5 nitrogen and oxygen atoms in total. The Morgan fingerprint density at radius 3 is 2.91 bits per heavy atom. The summed E-state index contributed by atoms with van der Waals surface area (Å²) in [7, 11) is 0. The van der Waals surface area contributed by atoms with E-state index in [0.717, 1.165) is 31.1 Å². The first-order chi connectivity index (χ1) is 11.3. The summed E-state index contributed by atoms with van der Waals surface area (Å²) in [6, 6.07) is 0. The lowest BCUT2D eigenvalue weighted by Crippen LogP contribution is -2.46. The maximum atomic E-state index is 12.4. The normalized spacial score (nSPS) is 23.0. The number of carbonyl (C=O) groups is 1. The highest BCUT2D eigenvalue weighted by Gasteiger charge is 2.27. The molecule has 0 aromatic carbocycles. The zero-order valence-corrected chi connectivity index (χ0v) is 13.8. The number of aromatic nitrogens is 2. The van der Waals surface area contributed by atoms with Crippen LogP contribution in [0.25, 0.3) is 0 Å². The Morgan fingerprint density at radius 1 is 1.26 bits per heavy atom. The SMILES string of the molecule is O=C(CCc1cnccn1)N1CCOC(CC2CCCCC2)C1. The van der Waals surface area contributed by atoms with Crippen molar-refractivity contribution >= 4 is 5.91 Å². The Balaban J connectivity index is 1.44. The average Bonchev–Trinajstić information content (AvgIpc) is 2.62. The minimum Gasteiger partial charge on any atom is -0.375 e. The minimum atomic E-state index is 0.215. The zero-order valence-electron chi connectivity index (χ0n) is 13.8. The van der Waals surface area contributed by atoms with E-state index in [1.54, 1.807) is 18.6 Å². The van der Waals surface area contributed by atoms with Crippen LogP contribution < -0.4 is 0 Å². The molecule has 1 amide bonds. The van der Waals surface area contributed by atoms with E-state index in [-0.39, 0.29) is 12.0 Å². The van der Waals surface area contributed by atoms with Gasteiger partial charge in [0.05, 0.1) is 18.4 Å². The third-order valence-electron chi connectivity index (χ3n) is 5.02.